The highest BCUT2D eigenvalue weighted by Crippen LogP contribution is 2.15. The summed E-state index contributed by atoms with van der Waals surface area (Å²) < 4.78 is 16.8. The van der Waals surface area contributed by atoms with Gasteiger partial charge in [-0.1, -0.05) is 234 Å². The molecule has 0 aliphatic rings. The van der Waals surface area contributed by atoms with Crippen molar-refractivity contribution >= 4 is 17.9 Å². The molecule has 1 unspecified atom stereocenters. The van der Waals surface area contributed by atoms with Gasteiger partial charge in [-0.15, -0.1) is 0 Å². The molecule has 0 aliphatic heterocycles. The van der Waals surface area contributed by atoms with Crippen LogP contribution in [-0.4, -0.2) is 37.2 Å². The molecule has 0 aromatic heterocycles. The minimum absolute atomic E-state index is 0.0919. The van der Waals surface area contributed by atoms with Crippen molar-refractivity contribution in [3.63, 3.8) is 0 Å². The SMILES string of the molecule is CC\C=C/C=C\C=C/CCCCCCCC(=O)OC(COC(=O)CCCCCCC\C=C/C=C\C=C/C=C\CCCCC)COC(=O)CCCCCCCCCCCCCCC. The van der Waals surface area contributed by atoms with Crippen LogP contribution in [0.3, 0.4) is 0 Å². The van der Waals surface area contributed by atoms with Gasteiger partial charge in [0.15, 0.2) is 6.10 Å². The molecular formula is C56H94O6. The van der Waals surface area contributed by atoms with Crippen molar-refractivity contribution in [2.24, 2.45) is 0 Å². The van der Waals surface area contributed by atoms with Gasteiger partial charge in [-0.25, -0.2) is 0 Å². The predicted molar refractivity (Wildman–Crippen MR) is 265 cm³/mol. The first-order chi connectivity index (χ1) is 30.5. The number of hydrogen-bond acceptors (Lipinski definition) is 6. The zero-order valence-corrected chi connectivity index (χ0v) is 40.4. The minimum atomic E-state index is -0.795. The van der Waals surface area contributed by atoms with Crippen LogP contribution in [0.5, 0.6) is 0 Å². The van der Waals surface area contributed by atoms with Crippen molar-refractivity contribution in [3.05, 3.63) is 85.1 Å². The summed E-state index contributed by atoms with van der Waals surface area (Å²) in [4.78, 5) is 37.9. The molecule has 0 aromatic rings. The maximum absolute atomic E-state index is 12.8. The van der Waals surface area contributed by atoms with E-state index in [9.17, 15) is 14.4 Å². The van der Waals surface area contributed by atoms with Crippen molar-refractivity contribution in [2.75, 3.05) is 13.2 Å². The van der Waals surface area contributed by atoms with Crippen LogP contribution in [0.15, 0.2) is 85.1 Å². The molecule has 0 saturated heterocycles. The van der Waals surface area contributed by atoms with Gasteiger partial charge in [0.05, 0.1) is 0 Å². The van der Waals surface area contributed by atoms with Gasteiger partial charge in [0.1, 0.15) is 13.2 Å². The lowest BCUT2D eigenvalue weighted by Crippen LogP contribution is -2.30. The van der Waals surface area contributed by atoms with Gasteiger partial charge in [-0.05, 0) is 64.2 Å². The van der Waals surface area contributed by atoms with E-state index in [1.54, 1.807) is 0 Å². The molecule has 0 rings (SSSR count). The second kappa shape index (κ2) is 50.2. The van der Waals surface area contributed by atoms with E-state index in [1.807, 2.05) is 0 Å². The highest BCUT2D eigenvalue weighted by atomic mass is 16.6. The summed E-state index contributed by atoms with van der Waals surface area (Å²) in [5.74, 6) is -0.936. The van der Waals surface area contributed by atoms with Crippen LogP contribution in [0.4, 0.5) is 0 Å². The topological polar surface area (TPSA) is 78.9 Å². The van der Waals surface area contributed by atoms with E-state index in [0.717, 1.165) is 109 Å². The van der Waals surface area contributed by atoms with Crippen molar-refractivity contribution in [3.8, 4) is 0 Å². The van der Waals surface area contributed by atoms with Gasteiger partial charge >= 0.3 is 17.9 Å². The Hall–Kier alpha value is -3.41. The normalized spacial score (nSPS) is 12.8. The Morgan fingerprint density at radius 1 is 0.339 bits per heavy atom. The third-order valence-corrected chi connectivity index (χ3v) is 10.8. The molecule has 0 aliphatic carbocycles. The average molecular weight is 863 g/mol. The monoisotopic (exact) mass is 863 g/mol. The third kappa shape index (κ3) is 47.6. The van der Waals surface area contributed by atoms with E-state index in [4.69, 9.17) is 14.2 Å². The average Bonchev–Trinajstić information content (AvgIpc) is 3.27. The molecule has 0 amide bonds. The summed E-state index contributed by atoms with van der Waals surface area (Å²) >= 11 is 0. The summed E-state index contributed by atoms with van der Waals surface area (Å²) in [6, 6.07) is 0. The van der Waals surface area contributed by atoms with Crippen LogP contribution in [-0.2, 0) is 28.6 Å². The fourth-order valence-electron chi connectivity index (χ4n) is 6.92. The Morgan fingerprint density at radius 3 is 1.02 bits per heavy atom. The first kappa shape index (κ1) is 58.6. The highest BCUT2D eigenvalue weighted by Gasteiger charge is 2.19. The number of carbonyl (C=O) groups is 3. The van der Waals surface area contributed by atoms with Crippen molar-refractivity contribution in [2.45, 2.75) is 239 Å². The van der Waals surface area contributed by atoms with Crippen LogP contribution in [0.1, 0.15) is 233 Å². The fourth-order valence-corrected chi connectivity index (χ4v) is 6.92. The third-order valence-electron chi connectivity index (χ3n) is 10.8. The second-order valence-electron chi connectivity index (χ2n) is 16.9. The first-order valence-electron chi connectivity index (χ1n) is 25.7. The largest absolute Gasteiger partial charge is 0.462 e. The minimum Gasteiger partial charge on any atom is -0.462 e. The lowest BCUT2D eigenvalue weighted by atomic mass is 10.0. The number of carbonyl (C=O) groups excluding carboxylic acids is 3. The van der Waals surface area contributed by atoms with Crippen LogP contribution >= 0.6 is 0 Å². The van der Waals surface area contributed by atoms with E-state index >= 15 is 0 Å². The van der Waals surface area contributed by atoms with E-state index < -0.39 is 6.10 Å². The molecule has 6 heteroatoms. The summed E-state index contributed by atoms with van der Waals surface area (Å²) in [5.41, 5.74) is 0. The molecule has 0 heterocycles. The highest BCUT2D eigenvalue weighted by molar-refractivity contribution is 5.71. The summed E-state index contributed by atoms with van der Waals surface area (Å²) in [6.07, 6.45) is 64.1. The molecule has 1 atom stereocenters. The summed E-state index contributed by atoms with van der Waals surface area (Å²) in [5, 5.41) is 0. The van der Waals surface area contributed by atoms with Crippen molar-refractivity contribution in [1.82, 2.24) is 0 Å². The van der Waals surface area contributed by atoms with E-state index in [-0.39, 0.29) is 31.1 Å². The summed E-state index contributed by atoms with van der Waals surface area (Å²) in [7, 11) is 0. The van der Waals surface area contributed by atoms with Crippen LogP contribution in [0.25, 0.3) is 0 Å². The van der Waals surface area contributed by atoms with Crippen LogP contribution < -0.4 is 0 Å². The van der Waals surface area contributed by atoms with Gasteiger partial charge in [-0.3, -0.25) is 14.4 Å². The summed E-state index contributed by atoms with van der Waals surface area (Å²) in [6.45, 7) is 6.43. The molecule has 354 valence electrons. The molecule has 0 saturated carbocycles. The Kier molecular flexibility index (Phi) is 47.5. The standard InChI is InChI=1S/C56H94O6/c1-4-7-10-13-16-19-22-25-26-27-28-29-32-34-37-40-43-46-49-55(58)61-52-53(62-56(59)50-47-44-41-38-35-31-24-21-18-15-12-9-6-3)51-60-54(57)48-45-42-39-36-33-30-23-20-17-14-11-8-5-2/h9,12,15-16,18-19,21-22,24-29,53H,4-8,10-11,13-14,17,20,23,30-52H2,1-3H3/b12-9-,18-15-,19-16-,24-21-,25-22-,27-26-,29-28-. The molecule has 0 radical (unpaired) electrons. The maximum atomic E-state index is 12.8. The molecular weight excluding hydrogens is 769 g/mol. The Bertz CT molecular complexity index is 1220. The van der Waals surface area contributed by atoms with Gasteiger partial charge in [0.2, 0.25) is 0 Å². The zero-order valence-electron chi connectivity index (χ0n) is 40.4. The molecule has 0 aromatic carbocycles. The molecule has 6 nitrogen and oxygen atoms in total. The molecule has 0 N–H and O–H groups in total. The van der Waals surface area contributed by atoms with E-state index in [2.05, 4.69) is 106 Å². The van der Waals surface area contributed by atoms with Crippen molar-refractivity contribution < 1.29 is 28.6 Å². The lowest BCUT2D eigenvalue weighted by Gasteiger charge is -2.18. The number of hydrogen-bond donors (Lipinski definition) is 0. The Labute approximate surface area is 382 Å². The second-order valence-corrected chi connectivity index (χ2v) is 16.9. The lowest BCUT2D eigenvalue weighted by molar-refractivity contribution is -0.167. The number of unbranched alkanes of at least 4 members (excludes halogenated alkanes) is 25. The molecule has 62 heavy (non-hydrogen) atoms. The quantitative estimate of drug-likeness (QED) is 0.0263. The molecule has 0 spiro atoms. The predicted octanol–water partition coefficient (Wildman–Crippen LogP) is 16.8. The van der Waals surface area contributed by atoms with E-state index in [0.29, 0.717) is 19.3 Å². The van der Waals surface area contributed by atoms with Crippen LogP contribution in [0, 0.1) is 0 Å². The Morgan fingerprint density at radius 2 is 0.629 bits per heavy atom. The van der Waals surface area contributed by atoms with Gasteiger partial charge in [0, 0.05) is 19.3 Å². The van der Waals surface area contributed by atoms with Crippen molar-refractivity contribution in [1.29, 1.82) is 0 Å². The Balaban J connectivity index is 4.45. The molecule has 0 fully saturated rings. The fraction of sp³-hybridized carbons (Fsp3) is 0.696. The molecule has 0 bridgehead atoms. The first-order valence-corrected chi connectivity index (χ1v) is 25.7. The van der Waals surface area contributed by atoms with Crippen LogP contribution in [0.2, 0.25) is 0 Å². The zero-order chi connectivity index (χ0) is 45.1. The van der Waals surface area contributed by atoms with Gasteiger partial charge < -0.3 is 14.2 Å². The maximum Gasteiger partial charge on any atom is 0.306 e. The number of rotatable bonds is 45. The smallest absolute Gasteiger partial charge is 0.306 e. The number of ether oxygens (including phenoxy) is 3. The van der Waals surface area contributed by atoms with Gasteiger partial charge in [0.25, 0.3) is 0 Å². The number of allylic oxidation sites excluding steroid dienone is 14. The van der Waals surface area contributed by atoms with Gasteiger partial charge in [-0.2, -0.15) is 0 Å². The van der Waals surface area contributed by atoms with E-state index in [1.165, 1.54) is 83.5 Å². The number of esters is 3.